The number of thiazole rings is 1. The Morgan fingerprint density at radius 3 is 3.12 bits per heavy atom. The Balaban J connectivity index is 1.97. The lowest BCUT2D eigenvalue weighted by Gasteiger charge is -2.18. The molecular weight excluding hydrogens is 220 g/mol. The highest BCUT2D eigenvalue weighted by Gasteiger charge is 2.06. The van der Waals surface area contributed by atoms with Crippen molar-refractivity contribution in [3.8, 4) is 0 Å². The van der Waals surface area contributed by atoms with Crippen LogP contribution in [0.15, 0.2) is 17.8 Å². The van der Waals surface area contributed by atoms with Crippen LogP contribution in [0.4, 0.5) is 0 Å². The zero-order valence-corrected chi connectivity index (χ0v) is 10.4. The molecule has 0 aliphatic rings. The van der Waals surface area contributed by atoms with Gasteiger partial charge >= 0.3 is 0 Å². The van der Waals surface area contributed by atoms with Crippen molar-refractivity contribution in [3.05, 3.63) is 23.5 Å². The molecule has 4 nitrogen and oxygen atoms in total. The number of fused-ring (bicyclic) bond motifs is 1. The van der Waals surface area contributed by atoms with Crippen molar-refractivity contribution in [2.75, 3.05) is 26.2 Å². The van der Waals surface area contributed by atoms with Crippen LogP contribution in [-0.4, -0.2) is 40.5 Å². The lowest BCUT2D eigenvalue weighted by molar-refractivity contribution is 0.299. The van der Waals surface area contributed by atoms with E-state index in [2.05, 4.69) is 26.6 Å². The molecule has 0 atom stereocenters. The summed E-state index contributed by atoms with van der Waals surface area (Å²) in [6, 6.07) is 0. The van der Waals surface area contributed by atoms with Crippen molar-refractivity contribution in [3.63, 3.8) is 0 Å². The van der Waals surface area contributed by atoms with Crippen LogP contribution in [-0.2, 0) is 6.42 Å². The summed E-state index contributed by atoms with van der Waals surface area (Å²) in [6.45, 7) is 6.02. The fraction of sp³-hybridized carbons (Fsp3) is 0.545. The molecule has 0 saturated carbocycles. The van der Waals surface area contributed by atoms with E-state index in [0.29, 0.717) is 0 Å². The van der Waals surface area contributed by atoms with E-state index < -0.39 is 0 Å². The van der Waals surface area contributed by atoms with Gasteiger partial charge in [-0.1, -0.05) is 6.92 Å². The molecule has 2 aromatic rings. The van der Waals surface area contributed by atoms with Gasteiger partial charge in [-0.3, -0.25) is 4.40 Å². The van der Waals surface area contributed by atoms with Crippen molar-refractivity contribution >= 4 is 16.3 Å². The fourth-order valence-electron chi connectivity index (χ4n) is 1.84. The first-order valence-electron chi connectivity index (χ1n) is 5.67. The molecule has 0 saturated heterocycles. The van der Waals surface area contributed by atoms with E-state index in [1.54, 1.807) is 11.3 Å². The number of nitrogens with two attached hydrogens (primary N) is 1. The van der Waals surface area contributed by atoms with Crippen LogP contribution >= 0.6 is 11.3 Å². The fourth-order valence-corrected chi connectivity index (χ4v) is 2.72. The van der Waals surface area contributed by atoms with Gasteiger partial charge in [0, 0.05) is 49.5 Å². The van der Waals surface area contributed by atoms with Gasteiger partial charge in [0.25, 0.3) is 0 Å². The van der Waals surface area contributed by atoms with Gasteiger partial charge in [0.05, 0.1) is 0 Å². The van der Waals surface area contributed by atoms with E-state index in [1.807, 2.05) is 12.4 Å². The number of hydrogen-bond donors (Lipinski definition) is 1. The highest BCUT2D eigenvalue weighted by atomic mass is 32.1. The van der Waals surface area contributed by atoms with Gasteiger partial charge in [-0.15, -0.1) is 11.3 Å². The zero-order chi connectivity index (χ0) is 11.4. The molecule has 0 radical (unpaired) electrons. The van der Waals surface area contributed by atoms with E-state index in [9.17, 15) is 0 Å². The molecular formula is C11H18N4S. The van der Waals surface area contributed by atoms with Crippen LogP contribution in [0.1, 0.15) is 12.6 Å². The van der Waals surface area contributed by atoms with Gasteiger partial charge in [-0.05, 0) is 6.54 Å². The van der Waals surface area contributed by atoms with Crippen LogP contribution in [0, 0.1) is 0 Å². The first-order chi connectivity index (χ1) is 7.85. The van der Waals surface area contributed by atoms with Crippen LogP contribution < -0.4 is 5.73 Å². The van der Waals surface area contributed by atoms with E-state index in [1.165, 1.54) is 5.69 Å². The maximum Gasteiger partial charge on any atom is 0.193 e. The third kappa shape index (κ3) is 2.42. The third-order valence-corrected chi connectivity index (χ3v) is 3.70. The maximum absolute atomic E-state index is 5.57. The summed E-state index contributed by atoms with van der Waals surface area (Å²) < 4.78 is 2.17. The first kappa shape index (κ1) is 11.6. The number of rotatable bonds is 6. The predicted octanol–water partition coefficient (Wildman–Crippen LogP) is 1.22. The molecule has 88 valence electrons. The number of hydrogen-bond acceptors (Lipinski definition) is 4. The molecule has 0 aliphatic heterocycles. The van der Waals surface area contributed by atoms with Crippen molar-refractivity contribution < 1.29 is 0 Å². The van der Waals surface area contributed by atoms with E-state index in [4.69, 9.17) is 5.73 Å². The summed E-state index contributed by atoms with van der Waals surface area (Å²) in [7, 11) is 0. The molecule has 0 aliphatic carbocycles. The number of likely N-dealkylation sites (N-methyl/N-ethyl adjacent to an activating group) is 1. The lowest BCUT2D eigenvalue weighted by atomic mass is 10.3. The van der Waals surface area contributed by atoms with Gasteiger partial charge < -0.3 is 10.6 Å². The van der Waals surface area contributed by atoms with Gasteiger partial charge in [0.2, 0.25) is 0 Å². The minimum atomic E-state index is 0.734. The van der Waals surface area contributed by atoms with Crippen molar-refractivity contribution in [1.82, 2.24) is 14.3 Å². The summed E-state index contributed by atoms with van der Waals surface area (Å²) in [5.41, 5.74) is 6.91. The van der Waals surface area contributed by atoms with Gasteiger partial charge in [-0.25, -0.2) is 4.98 Å². The minimum absolute atomic E-state index is 0.734. The number of aromatic nitrogens is 2. The SMILES string of the molecule is CCN(CCN)CCc1csc2nccn12. The highest BCUT2D eigenvalue weighted by Crippen LogP contribution is 2.15. The Labute approximate surface area is 99.7 Å². The standard InChI is InChI=1S/C11H18N4S/c1-2-14(7-4-12)6-3-10-9-16-11-13-5-8-15(10)11/h5,8-9H,2-4,6-7,12H2,1H3. The Hall–Kier alpha value is -0.910. The summed E-state index contributed by atoms with van der Waals surface area (Å²) >= 11 is 1.70. The summed E-state index contributed by atoms with van der Waals surface area (Å²) in [5.74, 6) is 0. The minimum Gasteiger partial charge on any atom is -0.329 e. The number of nitrogens with zero attached hydrogens (tertiary/aromatic N) is 3. The van der Waals surface area contributed by atoms with Crippen molar-refractivity contribution in [1.29, 1.82) is 0 Å². The van der Waals surface area contributed by atoms with Crippen LogP contribution in [0.25, 0.3) is 4.96 Å². The molecule has 0 fully saturated rings. The Morgan fingerprint density at radius 1 is 1.50 bits per heavy atom. The Morgan fingerprint density at radius 2 is 2.38 bits per heavy atom. The molecule has 16 heavy (non-hydrogen) atoms. The third-order valence-electron chi connectivity index (χ3n) is 2.79. The van der Waals surface area contributed by atoms with Gasteiger partial charge in [0.1, 0.15) is 0 Å². The smallest absolute Gasteiger partial charge is 0.193 e. The second-order valence-corrected chi connectivity index (χ2v) is 4.62. The Kier molecular flexibility index (Phi) is 3.93. The molecule has 0 unspecified atom stereocenters. The zero-order valence-electron chi connectivity index (χ0n) is 9.59. The van der Waals surface area contributed by atoms with E-state index in [-0.39, 0.29) is 0 Å². The Bertz CT molecular complexity index is 434. The molecule has 5 heteroatoms. The first-order valence-corrected chi connectivity index (χ1v) is 6.55. The maximum atomic E-state index is 5.57. The van der Waals surface area contributed by atoms with Crippen molar-refractivity contribution in [2.24, 2.45) is 5.73 Å². The van der Waals surface area contributed by atoms with Crippen molar-refractivity contribution in [2.45, 2.75) is 13.3 Å². The molecule has 2 rings (SSSR count). The molecule has 2 aromatic heterocycles. The van der Waals surface area contributed by atoms with Gasteiger partial charge in [-0.2, -0.15) is 0 Å². The van der Waals surface area contributed by atoms with Crippen LogP contribution in [0.2, 0.25) is 0 Å². The number of imidazole rings is 1. The molecule has 0 amide bonds. The van der Waals surface area contributed by atoms with Crippen LogP contribution in [0.3, 0.4) is 0 Å². The molecule has 0 spiro atoms. The molecule has 2 N–H and O–H groups in total. The average Bonchev–Trinajstić information content (AvgIpc) is 2.87. The van der Waals surface area contributed by atoms with Crippen LogP contribution in [0.5, 0.6) is 0 Å². The summed E-state index contributed by atoms with van der Waals surface area (Å²) in [6.07, 6.45) is 4.94. The van der Waals surface area contributed by atoms with Gasteiger partial charge in [0.15, 0.2) is 4.96 Å². The summed E-state index contributed by atoms with van der Waals surface area (Å²) in [5, 5.41) is 2.19. The summed E-state index contributed by atoms with van der Waals surface area (Å²) in [4.78, 5) is 7.73. The normalized spacial score (nSPS) is 11.7. The average molecular weight is 238 g/mol. The quantitative estimate of drug-likeness (QED) is 0.823. The van der Waals surface area contributed by atoms with E-state index >= 15 is 0 Å². The second kappa shape index (κ2) is 5.43. The van der Waals surface area contributed by atoms with E-state index in [0.717, 1.165) is 37.6 Å². The second-order valence-electron chi connectivity index (χ2n) is 3.78. The lowest BCUT2D eigenvalue weighted by Crippen LogP contribution is -2.31. The largest absolute Gasteiger partial charge is 0.329 e. The molecule has 2 heterocycles. The topological polar surface area (TPSA) is 46.6 Å². The monoisotopic (exact) mass is 238 g/mol. The predicted molar refractivity (Wildman–Crippen MR) is 67.9 cm³/mol. The molecule has 0 aromatic carbocycles. The highest BCUT2D eigenvalue weighted by molar-refractivity contribution is 7.15. The molecule has 0 bridgehead atoms.